The van der Waals surface area contributed by atoms with Gasteiger partial charge in [-0.25, -0.2) is 9.49 Å². The number of amides is 3. The van der Waals surface area contributed by atoms with Crippen molar-refractivity contribution in [2.45, 2.75) is 76.4 Å². The van der Waals surface area contributed by atoms with E-state index in [1.165, 1.54) is 17.0 Å². The van der Waals surface area contributed by atoms with E-state index in [1.54, 1.807) is 36.3 Å². The van der Waals surface area contributed by atoms with Crippen molar-refractivity contribution in [2.75, 3.05) is 79.5 Å². The van der Waals surface area contributed by atoms with Crippen LogP contribution in [0, 0.1) is 5.82 Å². The molecule has 0 radical (unpaired) electrons. The zero-order valence-electron chi connectivity index (χ0n) is 34.5. The number of hydrogen-bond acceptors (Lipinski definition) is 11. The summed E-state index contributed by atoms with van der Waals surface area (Å²) in [6, 6.07) is 11.5. The van der Waals surface area contributed by atoms with E-state index in [-0.39, 0.29) is 79.9 Å². The number of benzene rings is 2. The number of nitrogens with one attached hydrogen (secondary N) is 2. The second-order valence-electron chi connectivity index (χ2n) is 14.8. The number of piperazine rings is 1. The van der Waals surface area contributed by atoms with Gasteiger partial charge in [-0.05, 0) is 62.3 Å². The summed E-state index contributed by atoms with van der Waals surface area (Å²) >= 11 is 0. The first-order valence-corrected chi connectivity index (χ1v) is 20.9. The number of carbonyl (C=O) groups excluding carboxylic acids is 4. The second kappa shape index (κ2) is 24.9. The molecule has 0 saturated carbocycles. The maximum absolute atomic E-state index is 14.9. The summed E-state index contributed by atoms with van der Waals surface area (Å²) in [6.45, 7) is 4.18. The summed E-state index contributed by atoms with van der Waals surface area (Å²) in [4.78, 5) is 66.9. The Morgan fingerprint density at radius 1 is 0.817 bits per heavy atom. The molecule has 0 bridgehead atoms. The third-order valence-corrected chi connectivity index (χ3v) is 10.5. The van der Waals surface area contributed by atoms with Gasteiger partial charge in [-0.3, -0.25) is 24.0 Å². The largest absolute Gasteiger partial charge is 0.460 e. The van der Waals surface area contributed by atoms with Crippen molar-refractivity contribution < 1.29 is 47.3 Å². The van der Waals surface area contributed by atoms with Crippen molar-refractivity contribution in [3.8, 4) is 0 Å². The van der Waals surface area contributed by atoms with Crippen molar-refractivity contribution >= 4 is 34.5 Å². The van der Waals surface area contributed by atoms with Crippen molar-refractivity contribution in [3.05, 3.63) is 87.6 Å². The van der Waals surface area contributed by atoms with Crippen LogP contribution in [-0.2, 0) is 44.5 Å². The fourth-order valence-corrected chi connectivity index (χ4v) is 7.19. The molecule has 1 aliphatic carbocycles. The van der Waals surface area contributed by atoms with Gasteiger partial charge in [-0.1, -0.05) is 36.4 Å². The summed E-state index contributed by atoms with van der Waals surface area (Å²) in [5, 5.41) is 10.7. The van der Waals surface area contributed by atoms with Gasteiger partial charge in [-0.2, -0.15) is 5.10 Å². The zero-order valence-corrected chi connectivity index (χ0v) is 34.5. The Kier molecular flexibility index (Phi) is 19.1. The van der Waals surface area contributed by atoms with Gasteiger partial charge < -0.3 is 38.8 Å². The molecule has 2 aliphatic rings. The van der Waals surface area contributed by atoms with E-state index in [0.29, 0.717) is 101 Å². The standard InChI is InChI=1S/C44H58FN5O10/c1-56-24-25-57-26-27-58-28-29-59-38-12-4-2-3-5-13-39(38)60-42(53)16-9-19-46-40(51)14-8-15-41(52)49-20-22-50(23-21-49)44(55)35-30-32(17-18-36(35)45)31-37-33-10-6-7-11-34(33)43(54)48-47-37/h2-3,6-7,10-11,17-18,30,38-39H,4-5,8-9,12-16,19-29,31H2,1H3,(H,46,51)(H,48,54)/b3-2+. The Bertz CT molecular complexity index is 1950. The number of allylic oxidation sites excluding steroid dienone is 2. The lowest BCUT2D eigenvalue weighted by Crippen LogP contribution is -2.50. The summed E-state index contributed by atoms with van der Waals surface area (Å²) in [6.07, 6.45) is 8.19. The average Bonchev–Trinajstić information content (AvgIpc) is 3.25. The molecule has 2 aromatic carbocycles. The molecule has 5 rings (SSSR count). The van der Waals surface area contributed by atoms with Gasteiger partial charge in [0.05, 0.1) is 62.4 Å². The lowest BCUT2D eigenvalue weighted by atomic mass is 10.00. The fourth-order valence-electron chi connectivity index (χ4n) is 7.19. The third kappa shape index (κ3) is 14.6. The lowest BCUT2D eigenvalue weighted by molar-refractivity contribution is -0.160. The molecule has 3 amide bonds. The molecular formula is C44H58FN5O10. The molecular weight excluding hydrogens is 778 g/mol. The van der Waals surface area contributed by atoms with Gasteiger partial charge in [0.15, 0.2) is 0 Å². The topological polar surface area (TPSA) is 179 Å². The summed E-state index contributed by atoms with van der Waals surface area (Å²) in [5.74, 6) is -1.76. The monoisotopic (exact) mass is 835 g/mol. The molecule has 1 aliphatic heterocycles. The van der Waals surface area contributed by atoms with E-state index in [1.807, 2.05) is 6.07 Å². The number of aromatic amines is 1. The van der Waals surface area contributed by atoms with Gasteiger partial charge in [0.25, 0.3) is 11.5 Å². The average molecular weight is 836 g/mol. The minimum Gasteiger partial charge on any atom is -0.460 e. The molecule has 326 valence electrons. The summed E-state index contributed by atoms with van der Waals surface area (Å²) in [7, 11) is 1.62. The van der Waals surface area contributed by atoms with Crippen LogP contribution in [0.25, 0.3) is 10.8 Å². The Hall–Kier alpha value is -5.03. The predicted octanol–water partition coefficient (Wildman–Crippen LogP) is 4.11. The van der Waals surface area contributed by atoms with E-state index < -0.39 is 11.7 Å². The minimum absolute atomic E-state index is 0.0652. The number of methoxy groups -OCH3 is 1. The van der Waals surface area contributed by atoms with Crippen molar-refractivity contribution in [1.82, 2.24) is 25.3 Å². The van der Waals surface area contributed by atoms with Crippen LogP contribution in [0.4, 0.5) is 4.39 Å². The third-order valence-electron chi connectivity index (χ3n) is 10.5. The maximum Gasteiger partial charge on any atom is 0.306 e. The predicted molar refractivity (Wildman–Crippen MR) is 221 cm³/mol. The number of esters is 1. The summed E-state index contributed by atoms with van der Waals surface area (Å²) < 4.78 is 42.8. The van der Waals surface area contributed by atoms with E-state index in [9.17, 15) is 28.4 Å². The number of aromatic nitrogens is 2. The zero-order chi connectivity index (χ0) is 42.5. The number of nitrogens with zero attached hydrogens (tertiary/aromatic N) is 3. The first kappa shape index (κ1) is 46.0. The Morgan fingerprint density at radius 3 is 2.25 bits per heavy atom. The molecule has 2 atom stereocenters. The highest BCUT2D eigenvalue weighted by atomic mass is 19.1. The van der Waals surface area contributed by atoms with Crippen molar-refractivity contribution in [2.24, 2.45) is 0 Å². The van der Waals surface area contributed by atoms with E-state index >= 15 is 0 Å². The van der Waals surface area contributed by atoms with Gasteiger partial charge in [-0.15, -0.1) is 0 Å². The quantitative estimate of drug-likeness (QED) is 0.0846. The minimum atomic E-state index is -0.642. The lowest BCUT2D eigenvalue weighted by Gasteiger charge is -2.35. The Morgan fingerprint density at radius 2 is 1.50 bits per heavy atom. The van der Waals surface area contributed by atoms with Crippen molar-refractivity contribution in [3.63, 3.8) is 0 Å². The number of ether oxygens (including phenoxy) is 5. The highest BCUT2D eigenvalue weighted by Gasteiger charge is 2.28. The number of carbonyl (C=O) groups is 4. The van der Waals surface area contributed by atoms with Gasteiger partial charge in [0.2, 0.25) is 11.8 Å². The van der Waals surface area contributed by atoms with Crippen LogP contribution in [0.3, 0.4) is 0 Å². The van der Waals surface area contributed by atoms with E-state index in [0.717, 1.165) is 19.3 Å². The normalized spacial score (nSPS) is 17.5. The first-order valence-electron chi connectivity index (χ1n) is 20.9. The highest BCUT2D eigenvalue weighted by molar-refractivity contribution is 5.95. The smallest absolute Gasteiger partial charge is 0.306 e. The molecule has 2 unspecified atom stereocenters. The molecule has 2 heterocycles. The SMILES string of the molecule is COCCOCCOCCOC1CC/C=C/CCC1OC(=O)CCCNC(=O)CCCC(=O)N1CCN(C(=O)c2cc(Cc3n[nH]c(=O)c4ccccc34)ccc2F)CC1. The molecule has 2 N–H and O–H groups in total. The molecule has 1 fully saturated rings. The van der Waals surface area contributed by atoms with Crippen LogP contribution in [0.5, 0.6) is 0 Å². The van der Waals surface area contributed by atoms with Crippen LogP contribution in [0.2, 0.25) is 0 Å². The fraction of sp³-hybridized carbons (Fsp3) is 0.545. The number of hydrogen-bond donors (Lipinski definition) is 2. The number of fused-ring (bicyclic) bond motifs is 1. The highest BCUT2D eigenvalue weighted by Crippen LogP contribution is 2.22. The second-order valence-corrected chi connectivity index (χ2v) is 14.8. The molecule has 1 saturated heterocycles. The van der Waals surface area contributed by atoms with Gasteiger partial charge >= 0.3 is 5.97 Å². The first-order chi connectivity index (χ1) is 29.2. The Labute approximate surface area is 349 Å². The molecule has 16 heteroatoms. The van der Waals surface area contributed by atoms with Crippen LogP contribution < -0.4 is 10.9 Å². The molecule has 1 aromatic heterocycles. The number of halogens is 1. The van der Waals surface area contributed by atoms with Gasteiger partial charge in [0, 0.05) is 70.9 Å². The number of H-pyrrole nitrogens is 1. The molecule has 60 heavy (non-hydrogen) atoms. The van der Waals surface area contributed by atoms with Gasteiger partial charge in [0.1, 0.15) is 11.9 Å². The van der Waals surface area contributed by atoms with Crippen LogP contribution in [0.15, 0.2) is 59.4 Å². The summed E-state index contributed by atoms with van der Waals surface area (Å²) in [5.41, 5.74) is 0.903. The molecule has 3 aromatic rings. The maximum atomic E-state index is 14.9. The van der Waals surface area contributed by atoms with E-state index in [2.05, 4.69) is 27.7 Å². The van der Waals surface area contributed by atoms with Crippen LogP contribution >= 0.6 is 0 Å². The van der Waals surface area contributed by atoms with Crippen LogP contribution in [0.1, 0.15) is 79.4 Å². The molecule has 15 nitrogen and oxygen atoms in total. The number of rotatable bonds is 22. The van der Waals surface area contributed by atoms with Crippen molar-refractivity contribution in [1.29, 1.82) is 0 Å². The van der Waals surface area contributed by atoms with E-state index in [4.69, 9.17) is 23.7 Å². The molecule has 0 spiro atoms. The Balaban J connectivity index is 0.950. The van der Waals surface area contributed by atoms with Crippen LogP contribution in [-0.4, -0.2) is 135 Å².